The molecule has 0 fully saturated rings. The van der Waals surface area contributed by atoms with Crippen LogP contribution in [0.4, 0.5) is 15.2 Å². The molecule has 0 saturated carbocycles. The van der Waals surface area contributed by atoms with Crippen molar-refractivity contribution in [1.29, 1.82) is 0 Å². The van der Waals surface area contributed by atoms with Crippen molar-refractivity contribution in [3.63, 3.8) is 0 Å². The Hall–Kier alpha value is -1.37. The molecule has 2 rings (SSSR count). The summed E-state index contributed by atoms with van der Waals surface area (Å²) in [6.45, 7) is 1.64. The normalized spacial score (nSPS) is 10.5. The summed E-state index contributed by atoms with van der Waals surface area (Å²) in [5, 5.41) is 12.2. The molecular weight excluding hydrogens is 314 g/mol. The van der Waals surface area contributed by atoms with Gasteiger partial charge in [0.1, 0.15) is 5.82 Å². The minimum atomic E-state index is -1.11. The summed E-state index contributed by atoms with van der Waals surface area (Å²) in [6, 6.07) is 2.21. The standard InChI is InChI=1S/C11H7Cl2FN2O2S/c1-4-8(10(17)18)15-11(19-4)16-9-6(12)2-5(14)3-7(9)13/h2-3H,1H3,(H,15,16)(H,17,18). The quantitative estimate of drug-likeness (QED) is 0.883. The van der Waals surface area contributed by atoms with Crippen LogP contribution in [0.15, 0.2) is 12.1 Å². The van der Waals surface area contributed by atoms with E-state index < -0.39 is 11.8 Å². The van der Waals surface area contributed by atoms with Crippen LogP contribution in [0.1, 0.15) is 15.4 Å². The Labute approximate surface area is 121 Å². The van der Waals surface area contributed by atoms with Gasteiger partial charge in [0.05, 0.1) is 15.7 Å². The average Bonchev–Trinajstić information content (AvgIpc) is 2.65. The highest BCUT2D eigenvalue weighted by molar-refractivity contribution is 7.15. The highest BCUT2D eigenvalue weighted by atomic mass is 35.5. The summed E-state index contributed by atoms with van der Waals surface area (Å²) in [7, 11) is 0. The van der Waals surface area contributed by atoms with Crippen LogP contribution in [0.2, 0.25) is 10.0 Å². The topological polar surface area (TPSA) is 62.2 Å². The summed E-state index contributed by atoms with van der Waals surface area (Å²) in [5.74, 6) is -1.67. The van der Waals surface area contributed by atoms with Crippen molar-refractivity contribution in [3.8, 4) is 0 Å². The van der Waals surface area contributed by atoms with Crippen LogP contribution < -0.4 is 5.32 Å². The molecule has 0 bridgehead atoms. The first kappa shape index (κ1) is 14.0. The van der Waals surface area contributed by atoms with Crippen LogP contribution in [0.5, 0.6) is 0 Å². The number of anilines is 2. The fourth-order valence-corrected chi connectivity index (χ4v) is 2.78. The molecule has 1 aromatic heterocycles. The van der Waals surface area contributed by atoms with Gasteiger partial charge < -0.3 is 10.4 Å². The Bertz CT molecular complexity index is 637. The Morgan fingerprint density at radius 3 is 2.47 bits per heavy atom. The summed E-state index contributed by atoms with van der Waals surface area (Å²) in [4.78, 5) is 15.3. The number of nitrogens with zero attached hydrogens (tertiary/aromatic N) is 1. The van der Waals surface area contributed by atoms with Crippen molar-refractivity contribution in [1.82, 2.24) is 4.98 Å². The number of halogens is 3. The molecule has 0 aliphatic heterocycles. The van der Waals surface area contributed by atoms with Crippen molar-refractivity contribution < 1.29 is 14.3 Å². The molecule has 1 heterocycles. The zero-order chi connectivity index (χ0) is 14.2. The lowest BCUT2D eigenvalue weighted by atomic mass is 10.3. The van der Waals surface area contributed by atoms with Gasteiger partial charge in [-0.3, -0.25) is 0 Å². The number of thiazole rings is 1. The third kappa shape index (κ3) is 2.97. The Kier molecular flexibility index (Phi) is 3.93. The van der Waals surface area contributed by atoms with Crippen molar-refractivity contribution in [2.24, 2.45) is 0 Å². The molecule has 0 radical (unpaired) electrons. The molecule has 0 unspecified atom stereocenters. The second-order valence-electron chi connectivity index (χ2n) is 3.60. The number of hydrogen-bond acceptors (Lipinski definition) is 4. The van der Waals surface area contributed by atoms with E-state index >= 15 is 0 Å². The van der Waals surface area contributed by atoms with Crippen LogP contribution in [-0.2, 0) is 0 Å². The Balaban J connectivity index is 2.37. The minimum Gasteiger partial charge on any atom is -0.476 e. The van der Waals surface area contributed by atoms with E-state index in [4.69, 9.17) is 28.3 Å². The van der Waals surface area contributed by atoms with Gasteiger partial charge in [0, 0.05) is 4.88 Å². The maximum absolute atomic E-state index is 13.0. The number of hydrogen-bond donors (Lipinski definition) is 2. The number of benzene rings is 1. The van der Waals surface area contributed by atoms with Crippen LogP contribution in [0, 0.1) is 12.7 Å². The van der Waals surface area contributed by atoms with Crippen molar-refractivity contribution in [3.05, 3.63) is 38.6 Å². The van der Waals surface area contributed by atoms with Gasteiger partial charge in [-0.15, -0.1) is 11.3 Å². The van der Waals surface area contributed by atoms with E-state index in [0.717, 1.165) is 23.5 Å². The number of rotatable bonds is 3. The zero-order valence-corrected chi connectivity index (χ0v) is 11.8. The molecular formula is C11H7Cl2FN2O2S. The van der Waals surface area contributed by atoms with E-state index in [0.29, 0.717) is 10.0 Å². The monoisotopic (exact) mass is 320 g/mol. The second kappa shape index (κ2) is 5.32. The van der Waals surface area contributed by atoms with Crippen molar-refractivity contribution >= 4 is 51.3 Å². The molecule has 0 spiro atoms. The zero-order valence-electron chi connectivity index (χ0n) is 9.50. The van der Waals surface area contributed by atoms with Crippen LogP contribution in [0.25, 0.3) is 0 Å². The van der Waals surface area contributed by atoms with Gasteiger partial charge in [0.2, 0.25) is 0 Å². The molecule has 0 saturated heterocycles. The summed E-state index contributed by atoms with van der Waals surface area (Å²) < 4.78 is 13.0. The molecule has 1 aromatic carbocycles. The molecule has 8 heteroatoms. The molecule has 0 amide bonds. The molecule has 100 valence electrons. The number of aromatic nitrogens is 1. The van der Waals surface area contributed by atoms with E-state index in [-0.39, 0.29) is 21.4 Å². The number of carboxylic acids is 1. The average molecular weight is 321 g/mol. The van der Waals surface area contributed by atoms with E-state index in [9.17, 15) is 9.18 Å². The smallest absolute Gasteiger partial charge is 0.355 e. The molecule has 2 N–H and O–H groups in total. The minimum absolute atomic E-state index is 0.0399. The predicted octanol–water partition coefficient (Wildman–Crippen LogP) is 4.34. The molecule has 0 aliphatic carbocycles. The van der Waals surface area contributed by atoms with Crippen molar-refractivity contribution in [2.45, 2.75) is 6.92 Å². The van der Waals surface area contributed by atoms with E-state index in [1.54, 1.807) is 6.92 Å². The van der Waals surface area contributed by atoms with Gasteiger partial charge in [-0.2, -0.15) is 0 Å². The van der Waals surface area contributed by atoms with Gasteiger partial charge in [-0.25, -0.2) is 14.2 Å². The molecule has 2 aromatic rings. The SMILES string of the molecule is Cc1sc(Nc2c(Cl)cc(F)cc2Cl)nc1C(=O)O. The lowest BCUT2D eigenvalue weighted by Gasteiger charge is -2.07. The van der Waals surface area contributed by atoms with E-state index in [1.807, 2.05) is 0 Å². The van der Waals surface area contributed by atoms with E-state index in [1.165, 1.54) is 0 Å². The third-order valence-electron chi connectivity index (χ3n) is 2.24. The van der Waals surface area contributed by atoms with Gasteiger partial charge in [-0.1, -0.05) is 23.2 Å². The molecule has 4 nitrogen and oxygen atoms in total. The van der Waals surface area contributed by atoms with Crippen molar-refractivity contribution in [2.75, 3.05) is 5.32 Å². The summed E-state index contributed by atoms with van der Waals surface area (Å²) in [5.41, 5.74) is 0.247. The summed E-state index contributed by atoms with van der Waals surface area (Å²) >= 11 is 12.9. The van der Waals surface area contributed by atoms with Gasteiger partial charge in [-0.05, 0) is 19.1 Å². The van der Waals surface area contributed by atoms with Crippen LogP contribution in [-0.4, -0.2) is 16.1 Å². The fourth-order valence-electron chi connectivity index (χ4n) is 1.42. The lowest BCUT2D eigenvalue weighted by Crippen LogP contribution is -1.99. The first-order valence-electron chi connectivity index (χ1n) is 5.00. The highest BCUT2D eigenvalue weighted by Crippen LogP contribution is 2.35. The van der Waals surface area contributed by atoms with Gasteiger partial charge >= 0.3 is 5.97 Å². The Morgan fingerprint density at radius 2 is 2.00 bits per heavy atom. The maximum Gasteiger partial charge on any atom is 0.355 e. The van der Waals surface area contributed by atoms with E-state index in [2.05, 4.69) is 10.3 Å². The summed E-state index contributed by atoms with van der Waals surface area (Å²) in [6.07, 6.45) is 0. The second-order valence-corrected chi connectivity index (χ2v) is 5.62. The number of aryl methyl sites for hydroxylation is 1. The number of aromatic carboxylic acids is 1. The molecule has 0 atom stereocenters. The predicted molar refractivity (Wildman–Crippen MR) is 73.5 cm³/mol. The van der Waals surface area contributed by atoms with Crippen LogP contribution in [0.3, 0.4) is 0 Å². The van der Waals surface area contributed by atoms with Gasteiger partial charge in [0.15, 0.2) is 10.8 Å². The largest absolute Gasteiger partial charge is 0.476 e. The molecule has 0 aliphatic rings. The third-order valence-corrected chi connectivity index (χ3v) is 3.72. The number of nitrogens with one attached hydrogen (secondary N) is 1. The highest BCUT2D eigenvalue weighted by Gasteiger charge is 2.16. The van der Waals surface area contributed by atoms with Crippen LogP contribution >= 0.6 is 34.5 Å². The number of carboxylic acid groups (broad SMARTS) is 1. The lowest BCUT2D eigenvalue weighted by molar-refractivity contribution is 0.0690. The molecule has 19 heavy (non-hydrogen) atoms. The fraction of sp³-hybridized carbons (Fsp3) is 0.0909. The Morgan fingerprint density at radius 1 is 1.42 bits per heavy atom. The first-order chi connectivity index (χ1) is 8.88. The maximum atomic E-state index is 13.0. The first-order valence-corrected chi connectivity index (χ1v) is 6.58. The number of carbonyl (C=O) groups is 1. The van der Waals surface area contributed by atoms with Gasteiger partial charge in [0.25, 0.3) is 0 Å².